The SMILES string of the molecule is CCNC(=NCC(O)c1ccccc1F)NCCCn1cccn1.I. The molecule has 0 saturated heterocycles. The normalized spacial score (nSPS) is 12.4. The quantitative estimate of drug-likeness (QED) is 0.244. The Bertz CT molecular complexity index is 636. The van der Waals surface area contributed by atoms with E-state index < -0.39 is 11.9 Å². The van der Waals surface area contributed by atoms with Gasteiger partial charge in [-0.15, -0.1) is 24.0 Å². The highest BCUT2D eigenvalue weighted by molar-refractivity contribution is 14.0. The van der Waals surface area contributed by atoms with Crippen molar-refractivity contribution in [2.45, 2.75) is 26.0 Å². The third-order valence-corrected chi connectivity index (χ3v) is 3.45. The molecule has 1 atom stereocenters. The first-order chi connectivity index (χ1) is 11.7. The van der Waals surface area contributed by atoms with Gasteiger partial charge in [-0.2, -0.15) is 5.10 Å². The van der Waals surface area contributed by atoms with E-state index >= 15 is 0 Å². The number of aromatic nitrogens is 2. The smallest absolute Gasteiger partial charge is 0.191 e. The number of nitrogens with one attached hydrogen (secondary N) is 2. The summed E-state index contributed by atoms with van der Waals surface area (Å²) in [6.45, 7) is 4.31. The minimum absolute atomic E-state index is 0. The van der Waals surface area contributed by atoms with Gasteiger partial charge in [-0.25, -0.2) is 4.39 Å². The lowest BCUT2D eigenvalue weighted by Crippen LogP contribution is -2.38. The van der Waals surface area contributed by atoms with Crippen molar-refractivity contribution in [3.05, 3.63) is 54.1 Å². The Balaban J connectivity index is 0.00000312. The number of aliphatic hydroxyl groups excluding tert-OH is 1. The van der Waals surface area contributed by atoms with Crippen molar-refractivity contribution >= 4 is 29.9 Å². The van der Waals surface area contributed by atoms with Gasteiger partial charge in [-0.1, -0.05) is 18.2 Å². The molecule has 138 valence electrons. The van der Waals surface area contributed by atoms with Crippen LogP contribution in [0.25, 0.3) is 0 Å². The Labute approximate surface area is 164 Å². The van der Waals surface area contributed by atoms with Crippen LogP contribution in [0.4, 0.5) is 4.39 Å². The molecule has 1 unspecified atom stereocenters. The molecular weight excluding hydrogens is 436 g/mol. The number of aliphatic imine (C=N–C) groups is 1. The zero-order valence-corrected chi connectivity index (χ0v) is 16.6. The summed E-state index contributed by atoms with van der Waals surface area (Å²) in [6, 6.07) is 8.09. The average Bonchev–Trinajstić information content (AvgIpc) is 3.10. The van der Waals surface area contributed by atoms with Crippen molar-refractivity contribution < 1.29 is 9.50 Å². The molecule has 2 rings (SSSR count). The van der Waals surface area contributed by atoms with E-state index in [2.05, 4.69) is 20.7 Å². The molecule has 0 amide bonds. The minimum Gasteiger partial charge on any atom is -0.386 e. The van der Waals surface area contributed by atoms with Crippen LogP contribution < -0.4 is 10.6 Å². The molecule has 0 saturated carbocycles. The molecule has 0 aliphatic carbocycles. The van der Waals surface area contributed by atoms with Gasteiger partial charge in [0.1, 0.15) is 11.9 Å². The van der Waals surface area contributed by atoms with Gasteiger partial charge in [0.15, 0.2) is 5.96 Å². The van der Waals surface area contributed by atoms with Crippen LogP contribution in [0.3, 0.4) is 0 Å². The molecule has 0 fully saturated rings. The number of rotatable bonds is 8. The number of nitrogens with zero attached hydrogens (tertiary/aromatic N) is 3. The van der Waals surface area contributed by atoms with Crippen LogP contribution in [0.2, 0.25) is 0 Å². The van der Waals surface area contributed by atoms with Crippen LogP contribution in [-0.2, 0) is 6.54 Å². The third kappa shape index (κ3) is 7.39. The number of hydrogen-bond acceptors (Lipinski definition) is 3. The first-order valence-electron chi connectivity index (χ1n) is 8.12. The second-order valence-electron chi connectivity index (χ2n) is 5.31. The Morgan fingerprint density at radius 2 is 2.12 bits per heavy atom. The molecule has 2 aromatic rings. The summed E-state index contributed by atoms with van der Waals surface area (Å²) in [7, 11) is 0. The van der Waals surface area contributed by atoms with Gasteiger partial charge < -0.3 is 15.7 Å². The van der Waals surface area contributed by atoms with Gasteiger partial charge in [0.05, 0.1) is 6.54 Å². The van der Waals surface area contributed by atoms with Crippen LogP contribution in [-0.4, -0.2) is 40.5 Å². The van der Waals surface area contributed by atoms with E-state index in [0.29, 0.717) is 12.5 Å². The number of aliphatic hydroxyl groups is 1. The molecule has 0 bridgehead atoms. The zero-order valence-electron chi connectivity index (χ0n) is 14.2. The van der Waals surface area contributed by atoms with Crippen molar-refractivity contribution in [3.63, 3.8) is 0 Å². The molecule has 8 heteroatoms. The summed E-state index contributed by atoms with van der Waals surface area (Å²) in [4.78, 5) is 4.32. The van der Waals surface area contributed by atoms with Crippen LogP contribution >= 0.6 is 24.0 Å². The maximum absolute atomic E-state index is 13.6. The topological polar surface area (TPSA) is 74.5 Å². The summed E-state index contributed by atoms with van der Waals surface area (Å²) in [5.74, 6) is 0.186. The van der Waals surface area contributed by atoms with Crippen molar-refractivity contribution in [3.8, 4) is 0 Å². The summed E-state index contributed by atoms with van der Waals surface area (Å²) < 4.78 is 15.5. The summed E-state index contributed by atoms with van der Waals surface area (Å²) >= 11 is 0. The minimum atomic E-state index is -0.967. The molecule has 25 heavy (non-hydrogen) atoms. The predicted molar refractivity (Wildman–Crippen MR) is 108 cm³/mol. The fraction of sp³-hybridized carbons (Fsp3) is 0.412. The van der Waals surface area contributed by atoms with Crippen molar-refractivity contribution in [1.82, 2.24) is 20.4 Å². The van der Waals surface area contributed by atoms with Gasteiger partial charge >= 0.3 is 0 Å². The van der Waals surface area contributed by atoms with E-state index in [1.54, 1.807) is 24.4 Å². The molecule has 0 aliphatic heterocycles. The van der Waals surface area contributed by atoms with Crippen molar-refractivity contribution in [1.29, 1.82) is 0 Å². The average molecular weight is 461 g/mol. The highest BCUT2D eigenvalue weighted by Crippen LogP contribution is 2.16. The monoisotopic (exact) mass is 461 g/mol. The van der Waals surface area contributed by atoms with Crippen LogP contribution in [0.5, 0.6) is 0 Å². The van der Waals surface area contributed by atoms with E-state index in [1.165, 1.54) is 6.07 Å². The van der Waals surface area contributed by atoms with Crippen molar-refractivity contribution in [2.75, 3.05) is 19.6 Å². The second kappa shape index (κ2) is 11.8. The number of aryl methyl sites for hydroxylation is 1. The van der Waals surface area contributed by atoms with E-state index in [1.807, 2.05) is 23.9 Å². The Morgan fingerprint density at radius 3 is 2.80 bits per heavy atom. The van der Waals surface area contributed by atoms with Crippen LogP contribution in [0.15, 0.2) is 47.7 Å². The van der Waals surface area contributed by atoms with E-state index in [9.17, 15) is 9.50 Å². The number of benzene rings is 1. The van der Waals surface area contributed by atoms with Gasteiger partial charge in [-0.05, 0) is 25.5 Å². The fourth-order valence-electron chi connectivity index (χ4n) is 2.24. The van der Waals surface area contributed by atoms with Crippen LogP contribution in [0.1, 0.15) is 25.0 Å². The largest absolute Gasteiger partial charge is 0.386 e. The van der Waals surface area contributed by atoms with Gasteiger partial charge in [0, 0.05) is 37.6 Å². The third-order valence-electron chi connectivity index (χ3n) is 3.45. The van der Waals surface area contributed by atoms with Crippen molar-refractivity contribution in [2.24, 2.45) is 4.99 Å². The van der Waals surface area contributed by atoms with E-state index in [-0.39, 0.29) is 36.1 Å². The highest BCUT2D eigenvalue weighted by atomic mass is 127. The molecule has 0 radical (unpaired) electrons. The first kappa shape index (κ1) is 21.4. The van der Waals surface area contributed by atoms with Gasteiger partial charge in [-0.3, -0.25) is 9.67 Å². The zero-order chi connectivity index (χ0) is 17.2. The molecular formula is C17H25FIN5O. The van der Waals surface area contributed by atoms with E-state index in [0.717, 1.165) is 19.5 Å². The van der Waals surface area contributed by atoms with E-state index in [4.69, 9.17) is 0 Å². The molecule has 3 N–H and O–H groups in total. The molecule has 1 heterocycles. The predicted octanol–water partition coefficient (Wildman–Crippen LogP) is 2.32. The molecule has 0 spiro atoms. The van der Waals surface area contributed by atoms with Gasteiger partial charge in [0.25, 0.3) is 0 Å². The highest BCUT2D eigenvalue weighted by Gasteiger charge is 2.11. The molecule has 6 nitrogen and oxygen atoms in total. The van der Waals surface area contributed by atoms with Gasteiger partial charge in [0.2, 0.25) is 0 Å². The standard InChI is InChI=1S/C17H24FN5O.HI/c1-2-19-17(20-9-5-11-23-12-6-10-22-23)21-13-16(24)14-7-3-4-8-15(14)18;/h3-4,6-8,10,12,16,24H,2,5,9,11,13H2,1H3,(H2,19,20,21);1H. The first-order valence-corrected chi connectivity index (χ1v) is 8.12. The molecule has 1 aromatic carbocycles. The molecule has 1 aromatic heterocycles. The maximum Gasteiger partial charge on any atom is 0.191 e. The van der Waals surface area contributed by atoms with Crippen LogP contribution in [0, 0.1) is 5.82 Å². The Morgan fingerprint density at radius 1 is 1.32 bits per heavy atom. The number of guanidine groups is 1. The summed E-state index contributed by atoms with van der Waals surface area (Å²) in [6.07, 6.45) is 3.60. The second-order valence-corrected chi connectivity index (χ2v) is 5.31. The molecule has 0 aliphatic rings. The Hall–Kier alpha value is -1.68. The lowest BCUT2D eigenvalue weighted by Gasteiger charge is -2.13. The number of hydrogen-bond donors (Lipinski definition) is 3. The Kier molecular flexibility index (Phi) is 10.1. The maximum atomic E-state index is 13.6. The summed E-state index contributed by atoms with van der Waals surface area (Å²) in [5, 5.41) is 20.6. The number of halogens is 2. The lowest BCUT2D eigenvalue weighted by atomic mass is 10.1. The lowest BCUT2D eigenvalue weighted by molar-refractivity contribution is 0.182. The summed E-state index contributed by atoms with van der Waals surface area (Å²) in [5.41, 5.74) is 0.260. The fourth-order valence-corrected chi connectivity index (χ4v) is 2.24.